The second-order valence-corrected chi connectivity index (χ2v) is 6.76. The smallest absolute Gasteiger partial charge is 0.243 e. The number of nitrogens with zero attached hydrogens (tertiary/aromatic N) is 1. The Labute approximate surface area is 127 Å². The maximum Gasteiger partial charge on any atom is 0.243 e. The second kappa shape index (κ2) is 7.25. The third-order valence-electron chi connectivity index (χ3n) is 5.15. The van der Waals surface area contributed by atoms with Gasteiger partial charge < -0.3 is 11.1 Å². The first kappa shape index (κ1) is 16.3. The van der Waals surface area contributed by atoms with Crippen molar-refractivity contribution in [3.05, 3.63) is 0 Å². The van der Waals surface area contributed by atoms with Gasteiger partial charge in [0.15, 0.2) is 0 Å². The number of hydrogen-bond acceptors (Lipinski definition) is 3. The first-order valence-electron chi connectivity index (χ1n) is 8.35. The highest BCUT2D eigenvalue weighted by atomic mass is 16.2. The molecule has 0 bridgehead atoms. The van der Waals surface area contributed by atoms with Crippen LogP contribution in [0.4, 0.5) is 0 Å². The Morgan fingerprint density at radius 2 is 1.67 bits per heavy atom. The predicted molar refractivity (Wildman–Crippen MR) is 82.7 cm³/mol. The van der Waals surface area contributed by atoms with E-state index in [0.717, 1.165) is 25.7 Å². The van der Waals surface area contributed by atoms with E-state index in [1.165, 1.54) is 25.7 Å². The number of hydrogen-bond donors (Lipinski definition) is 2. The average Bonchev–Trinajstić information content (AvgIpc) is 2.86. The Morgan fingerprint density at radius 1 is 1.10 bits per heavy atom. The van der Waals surface area contributed by atoms with Gasteiger partial charge in [-0.1, -0.05) is 38.5 Å². The van der Waals surface area contributed by atoms with Gasteiger partial charge in [0.1, 0.15) is 5.54 Å². The molecule has 0 radical (unpaired) electrons. The SMILES string of the molecule is CN(CC(=O)NC1(C(N)=O)CCCCCC1)C1CCCC1. The summed E-state index contributed by atoms with van der Waals surface area (Å²) in [7, 11) is 2.00. The summed E-state index contributed by atoms with van der Waals surface area (Å²) >= 11 is 0. The number of carbonyl (C=O) groups is 2. The van der Waals surface area contributed by atoms with Crippen LogP contribution < -0.4 is 11.1 Å². The molecule has 2 saturated carbocycles. The Kier molecular flexibility index (Phi) is 5.62. The molecular formula is C16H29N3O2. The molecule has 0 atom stereocenters. The van der Waals surface area contributed by atoms with Crippen LogP contribution in [0.3, 0.4) is 0 Å². The van der Waals surface area contributed by atoms with Gasteiger partial charge in [0.2, 0.25) is 11.8 Å². The van der Waals surface area contributed by atoms with Gasteiger partial charge in [0.25, 0.3) is 0 Å². The van der Waals surface area contributed by atoms with Crippen molar-refractivity contribution >= 4 is 11.8 Å². The molecule has 0 aliphatic heterocycles. The zero-order valence-corrected chi connectivity index (χ0v) is 13.2. The van der Waals surface area contributed by atoms with E-state index >= 15 is 0 Å². The topological polar surface area (TPSA) is 75.4 Å². The number of rotatable bonds is 5. The maximum absolute atomic E-state index is 12.3. The van der Waals surface area contributed by atoms with E-state index in [1.807, 2.05) is 7.05 Å². The molecular weight excluding hydrogens is 266 g/mol. The van der Waals surface area contributed by atoms with Crippen LogP contribution in [0.1, 0.15) is 64.2 Å². The minimum atomic E-state index is -0.815. The molecule has 3 N–H and O–H groups in total. The fraction of sp³-hybridized carbons (Fsp3) is 0.875. The Hall–Kier alpha value is -1.10. The largest absolute Gasteiger partial charge is 0.368 e. The van der Waals surface area contributed by atoms with Gasteiger partial charge in [-0.15, -0.1) is 0 Å². The average molecular weight is 295 g/mol. The van der Waals surface area contributed by atoms with Crippen molar-refractivity contribution in [2.75, 3.05) is 13.6 Å². The van der Waals surface area contributed by atoms with Crippen LogP contribution in [0.25, 0.3) is 0 Å². The molecule has 0 spiro atoms. The summed E-state index contributed by atoms with van der Waals surface area (Å²) in [5, 5.41) is 2.97. The Balaban J connectivity index is 1.92. The lowest BCUT2D eigenvalue weighted by Gasteiger charge is -2.32. The van der Waals surface area contributed by atoms with Gasteiger partial charge in [0.05, 0.1) is 6.54 Å². The van der Waals surface area contributed by atoms with E-state index in [2.05, 4.69) is 10.2 Å². The number of primary amides is 1. The second-order valence-electron chi connectivity index (χ2n) is 6.76. The molecule has 2 fully saturated rings. The Bertz CT molecular complexity index is 370. The van der Waals surface area contributed by atoms with Gasteiger partial charge in [-0.25, -0.2) is 0 Å². The summed E-state index contributed by atoms with van der Waals surface area (Å²) in [6, 6.07) is 0.509. The van der Waals surface area contributed by atoms with Gasteiger partial charge in [-0.05, 0) is 32.7 Å². The molecule has 2 aliphatic rings. The van der Waals surface area contributed by atoms with E-state index < -0.39 is 5.54 Å². The molecule has 0 unspecified atom stereocenters. The van der Waals surface area contributed by atoms with E-state index in [4.69, 9.17) is 5.73 Å². The van der Waals surface area contributed by atoms with Crippen molar-refractivity contribution < 1.29 is 9.59 Å². The normalized spacial score (nSPS) is 23.0. The monoisotopic (exact) mass is 295 g/mol. The first-order valence-corrected chi connectivity index (χ1v) is 8.35. The summed E-state index contributed by atoms with van der Waals surface area (Å²) in [6.07, 6.45) is 10.4. The van der Waals surface area contributed by atoms with Crippen molar-refractivity contribution in [1.29, 1.82) is 0 Å². The maximum atomic E-state index is 12.3. The third kappa shape index (κ3) is 4.19. The summed E-state index contributed by atoms with van der Waals surface area (Å²) < 4.78 is 0. The minimum absolute atomic E-state index is 0.0647. The molecule has 2 rings (SSSR count). The predicted octanol–water partition coefficient (Wildman–Crippen LogP) is 1.56. The van der Waals surface area contributed by atoms with Crippen molar-refractivity contribution in [3.8, 4) is 0 Å². The quantitative estimate of drug-likeness (QED) is 0.756. The number of nitrogens with one attached hydrogen (secondary N) is 1. The standard InChI is InChI=1S/C16H29N3O2/c1-19(13-8-4-5-9-13)12-14(20)18-16(15(17)21)10-6-2-3-7-11-16/h13H,2-12H2,1H3,(H2,17,21)(H,18,20). The first-order chi connectivity index (χ1) is 10.0. The molecule has 2 amide bonds. The van der Waals surface area contributed by atoms with Crippen LogP contribution in [0, 0.1) is 0 Å². The zero-order chi connectivity index (χ0) is 15.3. The number of nitrogens with two attached hydrogens (primary N) is 1. The van der Waals surface area contributed by atoms with Gasteiger partial charge in [-0.2, -0.15) is 0 Å². The fourth-order valence-electron chi connectivity index (χ4n) is 3.77. The molecule has 5 nitrogen and oxygen atoms in total. The van der Waals surface area contributed by atoms with E-state index in [1.54, 1.807) is 0 Å². The highest BCUT2D eigenvalue weighted by Gasteiger charge is 2.38. The molecule has 0 aromatic rings. The molecule has 0 aromatic carbocycles. The van der Waals surface area contributed by atoms with Crippen molar-refractivity contribution in [2.45, 2.75) is 75.8 Å². The van der Waals surface area contributed by atoms with Crippen molar-refractivity contribution in [2.24, 2.45) is 5.73 Å². The summed E-state index contributed by atoms with van der Waals surface area (Å²) in [5.74, 6) is -0.439. The lowest BCUT2D eigenvalue weighted by atomic mass is 9.89. The van der Waals surface area contributed by atoms with E-state index in [9.17, 15) is 9.59 Å². The summed E-state index contributed by atoms with van der Waals surface area (Å²) in [4.78, 5) is 26.4. The lowest BCUT2D eigenvalue weighted by Crippen LogP contribution is -2.59. The highest BCUT2D eigenvalue weighted by Crippen LogP contribution is 2.27. The number of likely N-dealkylation sites (N-methyl/N-ethyl adjacent to an activating group) is 1. The third-order valence-corrected chi connectivity index (χ3v) is 5.15. The molecule has 120 valence electrons. The van der Waals surface area contributed by atoms with E-state index in [0.29, 0.717) is 25.4 Å². The van der Waals surface area contributed by atoms with Crippen LogP contribution in [0.2, 0.25) is 0 Å². The molecule has 0 aromatic heterocycles. The van der Waals surface area contributed by atoms with Crippen LogP contribution in [-0.2, 0) is 9.59 Å². The summed E-state index contributed by atoms with van der Waals surface area (Å²) in [6.45, 7) is 0.361. The minimum Gasteiger partial charge on any atom is -0.368 e. The molecule has 5 heteroatoms. The van der Waals surface area contributed by atoms with Gasteiger partial charge in [-0.3, -0.25) is 14.5 Å². The Morgan fingerprint density at radius 3 is 2.19 bits per heavy atom. The molecule has 21 heavy (non-hydrogen) atoms. The lowest BCUT2D eigenvalue weighted by molar-refractivity contribution is -0.132. The fourth-order valence-corrected chi connectivity index (χ4v) is 3.77. The van der Waals surface area contributed by atoms with Crippen LogP contribution in [0.5, 0.6) is 0 Å². The van der Waals surface area contributed by atoms with Crippen LogP contribution >= 0.6 is 0 Å². The number of amides is 2. The number of carbonyl (C=O) groups excluding carboxylic acids is 2. The molecule has 2 aliphatic carbocycles. The van der Waals surface area contributed by atoms with Gasteiger partial charge in [0, 0.05) is 6.04 Å². The van der Waals surface area contributed by atoms with Gasteiger partial charge >= 0.3 is 0 Å². The summed E-state index contributed by atoms with van der Waals surface area (Å²) in [5.41, 5.74) is 4.79. The molecule has 0 heterocycles. The van der Waals surface area contributed by atoms with Crippen molar-refractivity contribution in [1.82, 2.24) is 10.2 Å². The van der Waals surface area contributed by atoms with Crippen LogP contribution in [-0.4, -0.2) is 41.9 Å². The highest BCUT2D eigenvalue weighted by molar-refractivity contribution is 5.91. The zero-order valence-electron chi connectivity index (χ0n) is 13.2. The van der Waals surface area contributed by atoms with Crippen LogP contribution in [0.15, 0.2) is 0 Å². The van der Waals surface area contributed by atoms with E-state index in [-0.39, 0.29) is 11.8 Å². The van der Waals surface area contributed by atoms with Crippen molar-refractivity contribution in [3.63, 3.8) is 0 Å². The molecule has 0 saturated heterocycles.